The second-order valence-corrected chi connectivity index (χ2v) is 25.4. The summed E-state index contributed by atoms with van der Waals surface area (Å²) in [6, 6.07) is 22.5. The molecule has 0 nitrogen and oxygen atoms in total. The first-order chi connectivity index (χ1) is 37.1. The molecule has 0 atom stereocenters. The lowest BCUT2D eigenvalue weighted by Crippen LogP contribution is -1.97. The van der Waals surface area contributed by atoms with Gasteiger partial charge in [0.1, 0.15) is 0 Å². The number of fused-ring (bicyclic) bond motifs is 3. The smallest absolute Gasteiger partial charge is 0.0784 e. The minimum absolute atomic E-state index is 1.17. The summed E-state index contributed by atoms with van der Waals surface area (Å²) >= 11 is 3.76. The predicted octanol–water partition coefficient (Wildman–Crippen LogP) is 25.2. The van der Waals surface area contributed by atoms with Gasteiger partial charge in [-0.1, -0.05) is 283 Å². The highest BCUT2D eigenvalue weighted by molar-refractivity contribution is 7.98. The van der Waals surface area contributed by atoms with Crippen LogP contribution in [0.1, 0.15) is 317 Å². The molecule has 1 heterocycles. The minimum atomic E-state index is 1.17. The van der Waals surface area contributed by atoms with Crippen LogP contribution in [0.15, 0.2) is 59.5 Å². The number of unbranched alkanes of at least 4 members (excludes halogenated alkanes) is 36. The van der Waals surface area contributed by atoms with E-state index in [1.165, 1.54) is 329 Å². The molecule has 2 heteroatoms. The highest BCUT2D eigenvalue weighted by Crippen LogP contribution is 2.34. The van der Waals surface area contributed by atoms with E-state index in [-0.39, 0.29) is 0 Å². The molecule has 0 saturated heterocycles. The van der Waals surface area contributed by atoms with Gasteiger partial charge in [-0.05, 0) is 149 Å². The fourth-order valence-corrected chi connectivity index (χ4v) is 13.5. The summed E-state index contributed by atoms with van der Waals surface area (Å²) in [6.07, 6.45) is 62.9. The van der Waals surface area contributed by atoms with Crippen molar-refractivity contribution in [3.63, 3.8) is 0 Å². The summed E-state index contributed by atoms with van der Waals surface area (Å²) < 4.78 is 1.42. The third kappa shape index (κ3) is 25.3. The van der Waals surface area contributed by atoms with Crippen LogP contribution in [0.3, 0.4) is 0 Å². The van der Waals surface area contributed by atoms with Crippen LogP contribution in [0.4, 0.5) is 0 Å². The summed E-state index contributed by atoms with van der Waals surface area (Å²) in [5, 5.41) is 6.87. The van der Waals surface area contributed by atoms with E-state index in [1.54, 1.807) is 22.3 Å². The molecule has 0 amide bonds. The Kier molecular flexibility index (Phi) is 34.0. The second kappa shape index (κ2) is 40.5. The van der Waals surface area contributed by atoms with Gasteiger partial charge in [0, 0.05) is 15.2 Å². The molecule has 5 aromatic rings. The van der Waals surface area contributed by atoms with E-state index in [0.29, 0.717) is 0 Å². The Morgan fingerprint density at radius 2 is 0.587 bits per heavy atom. The Labute approximate surface area is 472 Å². The van der Waals surface area contributed by atoms with Crippen molar-refractivity contribution >= 4 is 54.7 Å². The molecule has 0 N–H and O–H groups in total. The lowest BCUT2D eigenvalue weighted by molar-refractivity contribution is 0.553. The van der Waals surface area contributed by atoms with Gasteiger partial charge in [0.05, 0.1) is 4.88 Å². The first-order valence-corrected chi connectivity index (χ1v) is 34.8. The Hall–Kier alpha value is -2.73. The van der Waals surface area contributed by atoms with Crippen LogP contribution >= 0.6 is 23.1 Å². The Morgan fingerprint density at radius 1 is 0.293 bits per heavy atom. The van der Waals surface area contributed by atoms with Gasteiger partial charge in [0.2, 0.25) is 0 Å². The quantitative estimate of drug-likeness (QED) is 0.0162. The van der Waals surface area contributed by atoms with Crippen molar-refractivity contribution in [1.82, 2.24) is 0 Å². The van der Waals surface area contributed by atoms with E-state index < -0.39 is 0 Å². The summed E-state index contributed by atoms with van der Waals surface area (Å²) in [6.45, 7) is 9.28. The van der Waals surface area contributed by atoms with Crippen LogP contribution in [0.2, 0.25) is 0 Å². The molecule has 416 valence electrons. The van der Waals surface area contributed by atoms with Crippen molar-refractivity contribution in [2.45, 2.75) is 315 Å². The molecule has 0 spiro atoms. The molecule has 4 aromatic carbocycles. The number of rotatable bonds is 45. The van der Waals surface area contributed by atoms with Crippen LogP contribution < -0.4 is 0 Å². The average Bonchev–Trinajstić information content (AvgIpc) is 3.83. The zero-order valence-corrected chi connectivity index (χ0v) is 51.3. The van der Waals surface area contributed by atoms with E-state index in [1.807, 2.05) is 23.1 Å². The maximum absolute atomic E-state index is 3.73. The summed E-state index contributed by atoms with van der Waals surface area (Å²) in [7, 11) is 0. The van der Waals surface area contributed by atoms with Crippen LogP contribution in [0, 0.1) is 11.8 Å². The summed E-state index contributed by atoms with van der Waals surface area (Å²) in [5.41, 5.74) is 7.62. The predicted molar refractivity (Wildman–Crippen MR) is 343 cm³/mol. The molecule has 0 aliphatic heterocycles. The highest BCUT2D eigenvalue weighted by atomic mass is 32.2. The fraction of sp³-hybridized carbons (Fsp3) is 0.671. The van der Waals surface area contributed by atoms with Gasteiger partial charge in [0.15, 0.2) is 0 Å². The molecule has 0 aliphatic rings. The zero-order valence-electron chi connectivity index (χ0n) is 49.6. The van der Waals surface area contributed by atoms with Gasteiger partial charge in [-0.2, -0.15) is 0 Å². The van der Waals surface area contributed by atoms with Crippen molar-refractivity contribution < 1.29 is 0 Å². The number of aryl methyl sites for hydroxylation is 4. The van der Waals surface area contributed by atoms with E-state index in [4.69, 9.17) is 0 Å². The van der Waals surface area contributed by atoms with Gasteiger partial charge >= 0.3 is 0 Å². The highest BCUT2D eigenvalue weighted by Gasteiger charge is 2.12. The van der Waals surface area contributed by atoms with Crippen molar-refractivity contribution in [2.75, 3.05) is 6.26 Å². The minimum Gasteiger partial charge on any atom is -0.128 e. The van der Waals surface area contributed by atoms with Gasteiger partial charge in [0.25, 0.3) is 0 Å². The molecule has 0 saturated carbocycles. The Balaban J connectivity index is 1.28. The molecule has 75 heavy (non-hydrogen) atoms. The topological polar surface area (TPSA) is 0 Å². The molecule has 0 unspecified atom stereocenters. The first-order valence-electron chi connectivity index (χ1n) is 32.7. The fourth-order valence-electron chi connectivity index (χ4n) is 12.0. The lowest BCUT2D eigenvalue weighted by Gasteiger charge is -2.14. The maximum Gasteiger partial charge on any atom is 0.0784 e. The third-order valence-corrected chi connectivity index (χ3v) is 18.6. The summed E-state index contributed by atoms with van der Waals surface area (Å²) in [5.74, 6) is 7.44. The van der Waals surface area contributed by atoms with Crippen LogP contribution in [0.25, 0.3) is 31.6 Å². The zero-order chi connectivity index (χ0) is 52.8. The SMILES string of the molecule is CCCCCCCCCCCCc1cc2cc3cc(C#Cc4cc5cc(CCCCCCCCCCCC)c(CCCCCCCCCCCC)cc5s4)c(SC)cc3cc2cc1CCCCCCCCCCCC. The van der Waals surface area contributed by atoms with E-state index in [0.717, 1.165) is 0 Å². The van der Waals surface area contributed by atoms with E-state index >= 15 is 0 Å². The van der Waals surface area contributed by atoms with E-state index in [9.17, 15) is 0 Å². The second-order valence-electron chi connectivity index (χ2n) is 23.5. The average molecular weight is 1050 g/mol. The molecule has 0 radical (unpaired) electrons. The first kappa shape index (κ1) is 63.1. The molecule has 5 rings (SSSR count). The normalized spacial score (nSPS) is 11.7. The van der Waals surface area contributed by atoms with Crippen molar-refractivity contribution in [3.05, 3.63) is 87.3 Å². The number of thioether (sulfide) groups is 1. The van der Waals surface area contributed by atoms with Crippen molar-refractivity contribution in [2.24, 2.45) is 0 Å². The van der Waals surface area contributed by atoms with Crippen molar-refractivity contribution in [3.8, 4) is 11.8 Å². The van der Waals surface area contributed by atoms with E-state index in [2.05, 4.69) is 100 Å². The van der Waals surface area contributed by atoms with Gasteiger partial charge < -0.3 is 0 Å². The monoisotopic (exact) mass is 1050 g/mol. The van der Waals surface area contributed by atoms with Crippen LogP contribution in [-0.4, -0.2) is 6.26 Å². The Morgan fingerprint density at radius 3 is 0.933 bits per heavy atom. The number of thiophene rings is 1. The van der Waals surface area contributed by atoms with Crippen LogP contribution in [-0.2, 0) is 25.7 Å². The Bertz CT molecular complexity index is 2250. The molecule has 0 fully saturated rings. The van der Waals surface area contributed by atoms with Crippen LogP contribution in [0.5, 0.6) is 0 Å². The third-order valence-electron chi connectivity index (χ3n) is 16.8. The van der Waals surface area contributed by atoms with Gasteiger partial charge in [-0.3, -0.25) is 0 Å². The lowest BCUT2D eigenvalue weighted by atomic mass is 9.91. The largest absolute Gasteiger partial charge is 0.128 e. The molecular weight excluding hydrogens is 941 g/mol. The molecule has 0 aliphatic carbocycles. The standard InChI is InChI=1S/C73H112S2/c1-6-10-14-18-22-26-30-34-38-42-46-61-52-66-56-68-55-65(72(74-5)60-69(68)57-67(66)53-62(61)47-43-39-35-31-27-23-19-15-11-7-2)50-51-71-58-70-54-63(48-44-40-36-32-28-24-20-16-12-8-3)64(59-73(70)75-71)49-45-41-37-33-29-25-21-17-13-9-4/h52-60H,6-49H2,1-5H3. The molecule has 1 aromatic heterocycles. The number of hydrogen-bond donors (Lipinski definition) is 0. The molecular formula is C73H112S2. The van der Waals surface area contributed by atoms with Gasteiger partial charge in [-0.15, -0.1) is 23.1 Å². The molecule has 0 bridgehead atoms. The number of benzene rings is 4. The summed E-state index contributed by atoms with van der Waals surface area (Å²) in [4.78, 5) is 2.49. The number of hydrogen-bond acceptors (Lipinski definition) is 2. The maximum atomic E-state index is 3.73. The van der Waals surface area contributed by atoms with Gasteiger partial charge in [-0.25, -0.2) is 0 Å². The van der Waals surface area contributed by atoms with Crippen molar-refractivity contribution in [1.29, 1.82) is 0 Å².